The minimum atomic E-state index is -2.72. The minimum absolute atomic E-state index is 0.273. The summed E-state index contributed by atoms with van der Waals surface area (Å²) in [5.41, 5.74) is 0. The van der Waals surface area contributed by atoms with E-state index in [-0.39, 0.29) is 13.2 Å². The van der Waals surface area contributed by atoms with Gasteiger partial charge in [0.2, 0.25) is 0 Å². The molecule has 14 heteroatoms. The molecule has 0 saturated carbocycles. The van der Waals surface area contributed by atoms with Crippen LogP contribution < -0.4 is 0 Å². The summed E-state index contributed by atoms with van der Waals surface area (Å²) in [7, 11) is -2.72. The van der Waals surface area contributed by atoms with Crippen molar-refractivity contribution in [1.29, 1.82) is 0 Å². The maximum atomic E-state index is 13.5. The summed E-state index contributed by atoms with van der Waals surface area (Å²) in [5.74, 6) is -3.37. The molecule has 0 N–H and O–H groups in total. The van der Waals surface area contributed by atoms with Crippen LogP contribution in [0.3, 0.4) is 0 Å². The molecular formula is C24H38O13P+. The highest BCUT2D eigenvalue weighted by molar-refractivity contribution is 7.33. The number of fused-ring (bicyclic) bond motifs is 2. The van der Waals surface area contributed by atoms with Gasteiger partial charge >= 0.3 is 8.25 Å². The van der Waals surface area contributed by atoms with Gasteiger partial charge in [-0.25, -0.2) is 0 Å². The summed E-state index contributed by atoms with van der Waals surface area (Å²) >= 11 is 0. The third kappa shape index (κ3) is 5.32. The molecule has 2 unspecified atom stereocenters. The number of rotatable bonds is 6. The van der Waals surface area contributed by atoms with Crippen LogP contribution in [-0.4, -0.2) is 97.8 Å². The van der Waals surface area contributed by atoms with Crippen molar-refractivity contribution in [2.75, 3.05) is 13.2 Å². The Kier molecular flexibility index (Phi) is 6.81. The Morgan fingerprint density at radius 1 is 0.553 bits per heavy atom. The topological polar surface area (TPSA) is 128 Å². The predicted octanol–water partition coefficient (Wildman–Crippen LogP) is 2.47. The van der Waals surface area contributed by atoms with Crippen LogP contribution in [0, 0.1) is 0 Å². The van der Waals surface area contributed by atoms with Gasteiger partial charge in [0.15, 0.2) is 47.9 Å². The molecule has 6 rings (SSSR count). The average molecular weight is 566 g/mol. The molecule has 38 heavy (non-hydrogen) atoms. The van der Waals surface area contributed by atoms with Gasteiger partial charge in [0, 0.05) is 4.57 Å². The fourth-order valence-electron chi connectivity index (χ4n) is 5.83. The lowest BCUT2D eigenvalue weighted by molar-refractivity contribution is -0.233. The monoisotopic (exact) mass is 565 g/mol. The third-order valence-electron chi connectivity index (χ3n) is 7.26. The van der Waals surface area contributed by atoms with Crippen molar-refractivity contribution in [2.45, 2.75) is 140 Å². The van der Waals surface area contributed by atoms with Gasteiger partial charge in [0.25, 0.3) is 0 Å². The quantitative estimate of drug-likeness (QED) is 0.438. The van der Waals surface area contributed by atoms with Crippen molar-refractivity contribution in [1.82, 2.24) is 0 Å². The summed E-state index contributed by atoms with van der Waals surface area (Å²) < 4.78 is 85.2. The number of hydrogen-bond donors (Lipinski definition) is 0. The van der Waals surface area contributed by atoms with Gasteiger partial charge < -0.3 is 47.4 Å². The highest BCUT2D eigenvalue weighted by atomic mass is 31.1. The number of hydrogen-bond acceptors (Lipinski definition) is 13. The van der Waals surface area contributed by atoms with Crippen molar-refractivity contribution >= 4 is 8.25 Å². The van der Waals surface area contributed by atoms with Crippen molar-refractivity contribution in [3.05, 3.63) is 0 Å². The lowest BCUT2D eigenvalue weighted by Gasteiger charge is -2.27. The lowest BCUT2D eigenvalue weighted by atomic mass is 10.1. The average Bonchev–Trinajstić information content (AvgIpc) is 3.57. The van der Waals surface area contributed by atoms with E-state index in [1.807, 2.05) is 27.7 Å². The fourth-order valence-corrected chi connectivity index (χ4v) is 6.75. The second-order valence-corrected chi connectivity index (χ2v) is 13.1. The van der Waals surface area contributed by atoms with E-state index in [4.69, 9.17) is 56.4 Å². The van der Waals surface area contributed by atoms with E-state index < -0.39 is 92.8 Å². The SMILES string of the molecule is CC1(C)OC[C@H]([C@H]2OC3OC(C)(C)O[C@@H]3[C@H]2O[P+](=O)O[C@H]2[C@@H]([C@H]3COC(C)(C)O3)OC3OC(C)(C)O[C@@H]32)O1. The summed E-state index contributed by atoms with van der Waals surface area (Å²) in [4.78, 5) is 0. The first kappa shape index (κ1) is 27.8. The summed E-state index contributed by atoms with van der Waals surface area (Å²) in [6, 6.07) is 0. The third-order valence-corrected chi connectivity index (χ3v) is 8.09. The second-order valence-electron chi connectivity index (χ2n) is 12.2. The van der Waals surface area contributed by atoms with E-state index in [1.54, 1.807) is 27.7 Å². The molecule has 0 bridgehead atoms. The first-order valence-corrected chi connectivity index (χ1v) is 14.2. The van der Waals surface area contributed by atoms with E-state index in [0.29, 0.717) is 0 Å². The molecule has 216 valence electrons. The largest absolute Gasteiger partial charge is 0.698 e. The molecule has 6 heterocycles. The minimum Gasteiger partial charge on any atom is -0.348 e. The molecule has 10 atom stereocenters. The highest BCUT2D eigenvalue weighted by Gasteiger charge is 2.65. The van der Waals surface area contributed by atoms with Crippen LogP contribution >= 0.6 is 8.25 Å². The zero-order valence-electron chi connectivity index (χ0n) is 22.9. The molecule has 0 aliphatic carbocycles. The first-order valence-electron chi connectivity index (χ1n) is 13.1. The van der Waals surface area contributed by atoms with Crippen molar-refractivity contribution < 1.29 is 61.0 Å². The van der Waals surface area contributed by atoms with Gasteiger partial charge in [-0.15, -0.1) is 9.05 Å². The van der Waals surface area contributed by atoms with E-state index in [2.05, 4.69) is 0 Å². The Morgan fingerprint density at radius 2 is 0.947 bits per heavy atom. The van der Waals surface area contributed by atoms with Gasteiger partial charge in [-0.2, -0.15) is 0 Å². The Labute approximate surface area is 222 Å². The Balaban J connectivity index is 1.19. The Bertz CT molecular complexity index is 868. The van der Waals surface area contributed by atoms with Crippen LogP contribution in [0.1, 0.15) is 55.4 Å². The maximum absolute atomic E-state index is 13.5. The van der Waals surface area contributed by atoms with E-state index in [0.717, 1.165) is 0 Å². The van der Waals surface area contributed by atoms with Crippen LogP contribution in [0.15, 0.2) is 0 Å². The summed E-state index contributed by atoms with van der Waals surface area (Å²) in [6.07, 6.45) is -6.65. The maximum Gasteiger partial charge on any atom is 0.698 e. The zero-order chi connectivity index (χ0) is 27.3. The molecule has 6 aliphatic heterocycles. The van der Waals surface area contributed by atoms with Crippen LogP contribution in [0.4, 0.5) is 0 Å². The summed E-state index contributed by atoms with van der Waals surface area (Å²) in [6.45, 7) is 14.9. The standard InChI is InChI=1S/C24H38O13P/c1-21(2)26-9-11(30-21)13-15(17-19(28-13)34-23(5,6)32-17)36-38(25)37-16-14(12-10-27-22(3,4)31-12)29-20-18(16)33-24(7,8)35-20/h11-20H,9-10H2,1-8H3/q+1/t11-,12-,13-,14-,15+,16+,17-,18-,19?,20?/m1/s1. The second kappa shape index (κ2) is 9.32. The molecular weight excluding hydrogens is 527 g/mol. The molecule has 0 radical (unpaired) electrons. The molecule has 0 aromatic rings. The number of ether oxygens (including phenoxy) is 10. The molecule has 13 nitrogen and oxygen atoms in total. The van der Waals surface area contributed by atoms with Crippen LogP contribution in [0.5, 0.6) is 0 Å². The molecule has 6 saturated heterocycles. The van der Waals surface area contributed by atoms with Crippen molar-refractivity contribution in [2.24, 2.45) is 0 Å². The van der Waals surface area contributed by atoms with Gasteiger partial charge in [-0.05, 0) is 55.4 Å². The highest BCUT2D eigenvalue weighted by Crippen LogP contribution is 2.48. The van der Waals surface area contributed by atoms with E-state index in [1.165, 1.54) is 0 Å². The van der Waals surface area contributed by atoms with E-state index in [9.17, 15) is 4.57 Å². The Morgan fingerprint density at radius 3 is 1.29 bits per heavy atom. The van der Waals surface area contributed by atoms with Gasteiger partial charge in [0.1, 0.15) is 36.6 Å². The van der Waals surface area contributed by atoms with E-state index >= 15 is 0 Å². The van der Waals surface area contributed by atoms with Crippen molar-refractivity contribution in [3.63, 3.8) is 0 Å². The van der Waals surface area contributed by atoms with Gasteiger partial charge in [-0.1, -0.05) is 0 Å². The molecule has 0 amide bonds. The van der Waals surface area contributed by atoms with Crippen molar-refractivity contribution in [3.8, 4) is 0 Å². The zero-order valence-corrected chi connectivity index (χ0v) is 23.8. The summed E-state index contributed by atoms with van der Waals surface area (Å²) in [5, 5.41) is 0. The smallest absolute Gasteiger partial charge is 0.348 e. The molecule has 0 spiro atoms. The normalized spacial score (nSPS) is 48.4. The van der Waals surface area contributed by atoms with Gasteiger partial charge in [0.05, 0.1) is 13.2 Å². The molecule has 0 aromatic heterocycles. The molecule has 6 fully saturated rings. The van der Waals surface area contributed by atoms with Gasteiger partial charge in [-0.3, -0.25) is 0 Å². The fraction of sp³-hybridized carbons (Fsp3) is 1.00. The molecule has 6 aliphatic rings. The first-order chi connectivity index (χ1) is 17.6. The Hall–Kier alpha value is -0.380. The van der Waals surface area contributed by atoms with Crippen LogP contribution in [0.25, 0.3) is 0 Å². The molecule has 0 aromatic carbocycles. The lowest BCUT2D eigenvalue weighted by Crippen LogP contribution is -2.44. The van der Waals surface area contributed by atoms with Crippen LogP contribution in [0.2, 0.25) is 0 Å². The predicted molar refractivity (Wildman–Crippen MR) is 125 cm³/mol. The van der Waals surface area contributed by atoms with Crippen LogP contribution in [-0.2, 0) is 61.0 Å².